The van der Waals surface area contributed by atoms with Gasteiger partial charge in [-0.3, -0.25) is 24.6 Å². The third-order valence-corrected chi connectivity index (χ3v) is 1.38. The molecule has 1 atom stereocenters. The van der Waals surface area contributed by atoms with Gasteiger partial charge in [0.15, 0.2) is 0 Å². The van der Waals surface area contributed by atoms with E-state index in [1.165, 1.54) is 7.05 Å². The van der Waals surface area contributed by atoms with Gasteiger partial charge in [0.25, 0.3) is 0 Å². The molecule has 12 heavy (non-hydrogen) atoms. The highest BCUT2D eigenvalue weighted by molar-refractivity contribution is 6.12. The molecule has 7 heteroatoms. The van der Waals surface area contributed by atoms with Crippen LogP contribution in [0.15, 0.2) is 4.99 Å². The van der Waals surface area contributed by atoms with E-state index >= 15 is 0 Å². The van der Waals surface area contributed by atoms with Gasteiger partial charge in [-0.15, -0.1) is 0 Å². The molecule has 0 saturated carbocycles. The van der Waals surface area contributed by atoms with Gasteiger partial charge in [0.1, 0.15) is 6.34 Å². The number of carbonyl (C=O) groups excluding carboxylic acids is 2. The molecule has 0 aliphatic carbocycles. The Morgan fingerprint density at radius 1 is 1.67 bits per heavy atom. The topological polar surface area (TPSA) is 92.9 Å². The van der Waals surface area contributed by atoms with Crippen LogP contribution in [0.5, 0.6) is 0 Å². The van der Waals surface area contributed by atoms with Crippen molar-refractivity contribution >= 4 is 18.2 Å². The summed E-state index contributed by atoms with van der Waals surface area (Å²) >= 11 is 0. The van der Waals surface area contributed by atoms with Gasteiger partial charge in [-0.1, -0.05) is 0 Å². The van der Waals surface area contributed by atoms with Crippen LogP contribution in [0.4, 0.5) is 0 Å². The average Bonchev–Trinajstić information content (AvgIpc) is 1.97. The highest BCUT2D eigenvalue weighted by Gasteiger charge is 2.42. The molecule has 64 valence electrons. The lowest BCUT2D eigenvalue weighted by Gasteiger charge is -2.15. The van der Waals surface area contributed by atoms with E-state index in [9.17, 15) is 19.7 Å². The number of nitro groups is 1. The Hall–Kier alpha value is -1.79. The van der Waals surface area contributed by atoms with E-state index in [1.807, 2.05) is 0 Å². The van der Waals surface area contributed by atoms with Gasteiger partial charge in [0.2, 0.25) is 0 Å². The molecule has 0 saturated heterocycles. The molecule has 0 bridgehead atoms. The van der Waals surface area contributed by atoms with Crippen molar-refractivity contribution in [2.24, 2.45) is 4.99 Å². The highest BCUT2D eigenvalue weighted by Crippen LogP contribution is 2.03. The lowest BCUT2D eigenvalue weighted by Crippen LogP contribution is -2.48. The summed E-state index contributed by atoms with van der Waals surface area (Å²) in [5.74, 6) is -1.89. The van der Waals surface area contributed by atoms with E-state index in [-0.39, 0.29) is 0 Å². The zero-order chi connectivity index (χ0) is 9.30. The smallest absolute Gasteiger partial charge is 0.299 e. The van der Waals surface area contributed by atoms with Crippen LogP contribution in [0.1, 0.15) is 0 Å². The molecule has 2 amide bonds. The minimum Gasteiger partial charge on any atom is -0.299 e. The summed E-state index contributed by atoms with van der Waals surface area (Å²) in [4.78, 5) is 35.0. The van der Waals surface area contributed by atoms with Gasteiger partial charge in [-0.25, -0.2) is 0 Å². The number of carbonyl (C=O) groups is 2. The quantitative estimate of drug-likeness (QED) is 0.277. The lowest BCUT2D eigenvalue weighted by molar-refractivity contribution is -0.494. The van der Waals surface area contributed by atoms with Crippen LogP contribution in [-0.4, -0.2) is 41.1 Å². The SMILES string of the molecule is CN1C=NC(=O)C([N+](=O)[O-])C1=O. The van der Waals surface area contributed by atoms with Gasteiger partial charge in [-0.05, 0) is 0 Å². The average molecular weight is 171 g/mol. The first-order valence-corrected chi connectivity index (χ1v) is 3.02. The van der Waals surface area contributed by atoms with Crippen LogP contribution in [0.3, 0.4) is 0 Å². The molecule has 1 aliphatic rings. The van der Waals surface area contributed by atoms with Crippen molar-refractivity contribution in [3.63, 3.8) is 0 Å². The van der Waals surface area contributed by atoms with Gasteiger partial charge in [-0.2, -0.15) is 4.99 Å². The standard InChI is InChI=1S/C5H5N3O4/c1-7-2-6-4(9)3(5(7)10)8(11)12/h2-3H,1H3. The first-order chi connectivity index (χ1) is 5.54. The van der Waals surface area contributed by atoms with Crippen molar-refractivity contribution in [3.05, 3.63) is 10.1 Å². The molecule has 1 unspecified atom stereocenters. The Morgan fingerprint density at radius 3 is 2.67 bits per heavy atom. The second kappa shape index (κ2) is 2.68. The van der Waals surface area contributed by atoms with Crippen molar-refractivity contribution in [1.82, 2.24) is 4.90 Å². The fourth-order valence-electron chi connectivity index (χ4n) is 0.750. The zero-order valence-electron chi connectivity index (χ0n) is 6.13. The van der Waals surface area contributed by atoms with E-state index in [1.54, 1.807) is 0 Å². The van der Waals surface area contributed by atoms with E-state index in [0.29, 0.717) is 0 Å². The predicted octanol–water partition coefficient (Wildman–Crippen LogP) is -1.34. The molecular formula is C5H5N3O4. The Labute approximate surface area is 66.8 Å². The third-order valence-electron chi connectivity index (χ3n) is 1.38. The van der Waals surface area contributed by atoms with Crippen molar-refractivity contribution < 1.29 is 14.5 Å². The number of nitrogens with zero attached hydrogens (tertiary/aromatic N) is 3. The van der Waals surface area contributed by atoms with Crippen molar-refractivity contribution in [2.75, 3.05) is 7.05 Å². The van der Waals surface area contributed by atoms with E-state index < -0.39 is 22.8 Å². The summed E-state index contributed by atoms with van der Waals surface area (Å²) in [6.45, 7) is 0. The Kier molecular flexibility index (Phi) is 1.86. The van der Waals surface area contributed by atoms with Crippen molar-refractivity contribution in [2.45, 2.75) is 6.04 Å². The molecule has 0 aromatic carbocycles. The first kappa shape index (κ1) is 8.31. The summed E-state index contributed by atoms with van der Waals surface area (Å²) in [6, 6.07) is -1.86. The Balaban J connectivity index is 3.00. The summed E-state index contributed by atoms with van der Waals surface area (Å²) in [7, 11) is 1.30. The van der Waals surface area contributed by atoms with Crippen LogP contribution in [0.2, 0.25) is 0 Å². The monoisotopic (exact) mass is 171 g/mol. The number of aliphatic imine (C=N–C) groups is 1. The first-order valence-electron chi connectivity index (χ1n) is 3.02. The molecule has 0 fully saturated rings. The van der Waals surface area contributed by atoms with Crippen LogP contribution >= 0.6 is 0 Å². The number of hydrogen-bond donors (Lipinski definition) is 0. The van der Waals surface area contributed by atoms with Crippen LogP contribution in [-0.2, 0) is 9.59 Å². The van der Waals surface area contributed by atoms with Gasteiger partial charge < -0.3 is 0 Å². The summed E-state index contributed by atoms with van der Waals surface area (Å²) in [5.41, 5.74) is 0. The summed E-state index contributed by atoms with van der Waals surface area (Å²) < 4.78 is 0. The van der Waals surface area contributed by atoms with Gasteiger partial charge in [0.05, 0.1) is 0 Å². The normalized spacial score (nSPS) is 23.1. The molecule has 0 aromatic rings. The summed E-state index contributed by atoms with van der Waals surface area (Å²) in [6.07, 6.45) is 0.963. The fraction of sp³-hybridized carbons (Fsp3) is 0.400. The van der Waals surface area contributed by atoms with Crippen LogP contribution < -0.4 is 0 Å². The number of likely N-dealkylation sites (N-methyl/N-ethyl adjacent to an activating group) is 1. The van der Waals surface area contributed by atoms with Gasteiger partial charge >= 0.3 is 17.9 Å². The molecule has 0 aromatic heterocycles. The number of amides is 2. The second-order valence-corrected chi connectivity index (χ2v) is 2.22. The zero-order valence-corrected chi connectivity index (χ0v) is 6.13. The van der Waals surface area contributed by atoms with Crippen LogP contribution in [0.25, 0.3) is 0 Å². The maximum atomic E-state index is 10.9. The van der Waals surface area contributed by atoms with Crippen molar-refractivity contribution in [3.8, 4) is 0 Å². The van der Waals surface area contributed by atoms with E-state index in [0.717, 1.165) is 11.2 Å². The summed E-state index contributed by atoms with van der Waals surface area (Å²) in [5, 5.41) is 10.2. The second-order valence-electron chi connectivity index (χ2n) is 2.22. The highest BCUT2D eigenvalue weighted by atomic mass is 16.6. The maximum absolute atomic E-state index is 10.9. The van der Waals surface area contributed by atoms with E-state index in [2.05, 4.69) is 4.99 Å². The Morgan fingerprint density at radius 2 is 2.25 bits per heavy atom. The molecule has 7 nitrogen and oxygen atoms in total. The fourth-order valence-corrected chi connectivity index (χ4v) is 0.750. The molecular weight excluding hydrogens is 166 g/mol. The predicted molar refractivity (Wildman–Crippen MR) is 37.1 cm³/mol. The Bertz CT molecular complexity index is 284. The molecule has 0 radical (unpaired) electrons. The minimum atomic E-state index is -1.86. The lowest BCUT2D eigenvalue weighted by atomic mass is 10.2. The molecule has 1 aliphatic heterocycles. The van der Waals surface area contributed by atoms with Crippen molar-refractivity contribution in [1.29, 1.82) is 0 Å². The van der Waals surface area contributed by atoms with Crippen LogP contribution in [0, 0.1) is 10.1 Å². The number of hydrogen-bond acceptors (Lipinski definition) is 4. The minimum absolute atomic E-state index is 0.861. The number of rotatable bonds is 1. The van der Waals surface area contributed by atoms with E-state index in [4.69, 9.17) is 0 Å². The third kappa shape index (κ3) is 1.16. The molecule has 1 rings (SSSR count). The molecule has 1 heterocycles. The van der Waals surface area contributed by atoms with Gasteiger partial charge in [0, 0.05) is 12.0 Å². The largest absolute Gasteiger partial charge is 0.368 e. The molecule has 0 N–H and O–H groups in total. The molecule has 0 spiro atoms. The maximum Gasteiger partial charge on any atom is 0.368 e.